The van der Waals surface area contributed by atoms with Gasteiger partial charge in [0, 0.05) is 35.9 Å². The van der Waals surface area contributed by atoms with Crippen LogP contribution in [-0.2, 0) is 12.8 Å². The largest absolute Gasteiger partial charge is 0.322 e. The van der Waals surface area contributed by atoms with E-state index in [9.17, 15) is 9.59 Å². The number of anilines is 2. The van der Waals surface area contributed by atoms with Gasteiger partial charge in [0.25, 0.3) is 11.8 Å². The molecular formula is C23H21N3O2. The van der Waals surface area contributed by atoms with Crippen molar-refractivity contribution in [3.63, 3.8) is 0 Å². The fourth-order valence-corrected chi connectivity index (χ4v) is 3.41. The van der Waals surface area contributed by atoms with Crippen LogP contribution in [0.2, 0.25) is 0 Å². The Balaban J connectivity index is 1.55. The van der Waals surface area contributed by atoms with E-state index in [-0.39, 0.29) is 11.8 Å². The molecule has 2 heterocycles. The first-order chi connectivity index (χ1) is 13.7. The number of carbonyl (C=O) groups excluding carboxylic acids is 2. The Labute approximate surface area is 164 Å². The fourth-order valence-electron chi connectivity index (χ4n) is 3.41. The second-order valence-corrected chi connectivity index (χ2v) is 6.80. The first-order valence-electron chi connectivity index (χ1n) is 9.41. The topological polar surface area (TPSA) is 62.3 Å². The van der Waals surface area contributed by atoms with Crippen LogP contribution in [-0.4, -0.2) is 23.3 Å². The minimum Gasteiger partial charge on any atom is -0.322 e. The van der Waals surface area contributed by atoms with Gasteiger partial charge in [-0.3, -0.25) is 14.6 Å². The van der Waals surface area contributed by atoms with Crippen molar-refractivity contribution in [2.45, 2.75) is 19.8 Å². The molecule has 0 radical (unpaired) electrons. The highest BCUT2D eigenvalue weighted by molar-refractivity contribution is 6.08. The van der Waals surface area contributed by atoms with E-state index in [4.69, 9.17) is 0 Å². The normalized spacial score (nSPS) is 12.5. The van der Waals surface area contributed by atoms with E-state index < -0.39 is 0 Å². The lowest BCUT2D eigenvalue weighted by atomic mass is 10.1. The Morgan fingerprint density at radius 2 is 1.89 bits per heavy atom. The van der Waals surface area contributed by atoms with Gasteiger partial charge in [-0.25, -0.2) is 0 Å². The summed E-state index contributed by atoms with van der Waals surface area (Å²) in [5.41, 5.74) is 4.98. The van der Waals surface area contributed by atoms with Gasteiger partial charge >= 0.3 is 0 Å². The first kappa shape index (κ1) is 17.9. The maximum absolute atomic E-state index is 12.8. The molecule has 0 aliphatic carbocycles. The van der Waals surface area contributed by atoms with E-state index in [1.54, 1.807) is 29.4 Å². The van der Waals surface area contributed by atoms with Gasteiger partial charge in [0.05, 0.1) is 5.56 Å². The van der Waals surface area contributed by atoms with Crippen molar-refractivity contribution in [3.8, 4) is 0 Å². The number of hydrogen-bond acceptors (Lipinski definition) is 3. The van der Waals surface area contributed by atoms with Gasteiger partial charge in [0.2, 0.25) is 0 Å². The number of nitrogens with zero attached hydrogens (tertiary/aromatic N) is 2. The van der Waals surface area contributed by atoms with Crippen LogP contribution in [0, 0.1) is 0 Å². The zero-order valence-electron chi connectivity index (χ0n) is 15.7. The molecule has 1 aliphatic rings. The third-order valence-electron chi connectivity index (χ3n) is 5.02. The number of aryl methyl sites for hydroxylation is 1. The molecule has 4 rings (SSSR count). The number of carbonyl (C=O) groups is 2. The van der Waals surface area contributed by atoms with Crippen LogP contribution in [0.3, 0.4) is 0 Å². The van der Waals surface area contributed by atoms with Crippen LogP contribution >= 0.6 is 0 Å². The van der Waals surface area contributed by atoms with Gasteiger partial charge in [-0.05, 0) is 60.4 Å². The number of hydrogen-bond donors (Lipinski definition) is 1. The minimum absolute atomic E-state index is 0.0783. The van der Waals surface area contributed by atoms with Gasteiger partial charge in [0.1, 0.15) is 0 Å². The van der Waals surface area contributed by atoms with Crippen LogP contribution < -0.4 is 10.2 Å². The van der Waals surface area contributed by atoms with E-state index in [0.717, 1.165) is 24.1 Å². The number of amides is 2. The molecule has 1 N–H and O–H groups in total. The lowest BCUT2D eigenvalue weighted by molar-refractivity contribution is 0.0987. The zero-order valence-corrected chi connectivity index (χ0v) is 15.7. The second-order valence-electron chi connectivity index (χ2n) is 6.80. The summed E-state index contributed by atoms with van der Waals surface area (Å²) in [5.74, 6) is -0.240. The van der Waals surface area contributed by atoms with Gasteiger partial charge in [0.15, 0.2) is 0 Å². The Kier molecular flexibility index (Phi) is 4.89. The smallest absolute Gasteiger partial charge is 0.259 e. The van der Waals surface area contributed by atoms with Crippen molar-refractivity contribution in [1.82, 2.24) is 4.98 Å². The van der Waals surface area contributed by atoms with Crippen LogP contribution in [0.25, 0.3) is 0 Å². The maximum atomic E-state index is 12.8. The number of nitrogens with one attached hydrogen (secondary N) is 1. The van der Waals surface area contributed by atoms with Gasteiger partial charge in [-0.1, -0.05) is 25.1 Å². The van der Waals surface area contributed by atoms with Crippen LogP contribution in [0.15, 0.2) is 67.0 Å². The van der Waals surface area contributed by atoms with E-state index in [1.165, 1.54) is 5.56 Å². The van der Waals surface area contributed by atoms with E-state index >= 15 is 0 Å². The molecule has 0 unspecified atom stereocenters. The molecule has 28 heavy (non-hydrogen) atoms. The molecule has 1 aromatic heterocycles. The Morgan fingerprint density at radius 1 is 1.07 bits per heavy atom. The average molecular weight is 371 g/mol. The average Bonchev–Trinajstić information content (AvgIpc) is 3.17. The van der Waals surface area contributed by atoms with E-state index in [1.807, 2.05) is 42.5 Å². The quantitative estimate of drug-likeness (QED) is 0.751. The van der Waals surface area contributed by atoms with Crippen molar-refractivity contribution in [2.75, 3.05) is 16.8 Å². The highest BCUT2D eigenvalue weighted by Crippen LogP contribution is 2.32. The lowest BCUT2D eigenvalue weighted by Crippen LogP contribution is -2.29. The second kappa shape index (κ2) is 7.64. The predicted molar refractivity (Wildman–Crippen MR) is 110 cm³/mol. The van der Waals surface area contributed by atoms with Gasteiger partial charge in [-0.2, -0.15) is 0 Å². The Hall–Kier alpha value is -3.47. The molecule has 1 aliphatic heterocycles. The molecular weight excluding hydrogens is 350 g/mol. The molecule has 140 valence electrons. The van der Waals surface area contributed by atoms with Crippen LogP contribution in [0.5, 0.6) is 0 Å². The standard InChI is InChI=1S/C23H21N3O2/c1-2-16-5-7-18(8-6-16)22(27)25-20-10-9-17-11-13-26(21(17)14-20)23(28)19-4-3-12-24-15-19/h3-10,12,14-15H,2,11,13H2,1H3,(H,25,27). The first-order valence-corrected chi connectivity index (χ1v) is 9.41. The minimum atomic E-state index is -0.161. The predicted octanol–water partition coefficient (Wildman–Crippen LogP) is 4.10. The molecule has 2 amide bonds. The Bertz CT molecular complexity index is 1010. The number of fused-ring (bicyclic) bond motifs is 1. The summed E-state index contributed by atoms with van der Waals surface area (Å²) in [6, 6.07) is 16.8. The highest BCUT2D eigenvalue weighted by atomic mass is 16.2. The van der Waals surface area contributed by atoms with E-state index in [0.29, 0.717) is 23.4 Å². The number of aromatic nitrogens is 1. The summed E-state index contributed by atoms with van der Waals surface area (Å²) in [5, 5.41) is 2.94. The third-order valence-corrected chi connectivity index (χ3v) is 5.02. The summed E-state index contributed by atoms with van der Waals surface area (Å²) in [6.45, 7) is 2.71. The number of rotatable bonds is 4. The highest BCUT2D eigenvalue weighted by Gasteiger charge is 2.26. The molecule has 5 heteroatoms. The van der Waals surface area contributed by atoms with Crippen molar-refractivity contribution < 1.29 is 9.59 Å². The van der Waals surface area contributed by atoms with Crippen molar-refractivity contribution >= 4 is 23.2 Å². The molecule has 0 spiro atoms. The monoisotopic (exact) mass is 371 g/mol. The van der Waals surface area contributed by atoms with Crippen molar-refractivity contribution in [3.05, 3.63) is 89.2 Å². The number of pyridine rings is 1. The summed E-state index contributed by atoms with van der Waals surface area (Å²) in [4.78, 5) is 31.2. The summed E-state index contributed by atoms with van der Waals surface area (Å²) in [7, 11) is 0. The van der Waals surface area contributed by atoms with Crippen molar-refractivity contribution in [2.24, 2.45) is 0 Å². The van der Waals surface area contributed by atoms with Crippen LogP contribution in [0.1, 0.15) is 38.8 Å². The van der Waals surface area contributed by atoms with Crippen LogP contribution in [0.4, 0.5) is 11.4 Å². The Morgan fingerprint density at radius 3 is 2.61 bits per heavy atom. The molecule has 0 bridgehead atoms. The summed E-state index contributed by atoms with van der Waals surface area (Å²) < 4.78 is 0. The van der Waals surface area contributed by atoms with Gasteiger partial charge in [-0.15, -0.1) is 0 Å². The van der Waals surface area contributed by atoms with Gasteiger partial charge < -0.3 is 10.2 Å². The SMILES string of the molecule is CCc1ccc(C(=O)Nc2ccc3c(c2)N(C(=O)c2cccnc2)CC3)cc1. The molecule has 0 fully saturated rings. The maximum Gasteiger partial charge on any atom is 0.259 e. The third kappa shape index (κ3) is 3.51. The fraction of sp³-hybridized carbons (Fsp3) is 0.174. The molecule has 5 nitrogen and oxygen atoms in total. The van der Waals surface area contributed by atoms with Crippen molar-refractivity contribution in [1.29, 1.82) is 0 Å². The number of benzene rings is 2. The lowest BCUT2D eigenvalue weighted by Gasteiger charge is -2.18. The summed E-state index contributed by atoms with van der Waals surface area (Å²) in [6.07, 6.45) is 4.96. The molecule has 0 atom stereocenters. The molecule has 0 saturated heterocycles. The zero-order chi connectivity index (χ0) is 19.5. The summed E-state index contributed by atoms with van der Waals surface area (Å²) >= 11 is 0. The van der Waals surface area contributed by atoms with E-state index in [2.05, 4.69) is 17.2 Å². The molecule has 2 aromatic carbocycles. The molecule has 0 saturated carbocycles. The molecule has 3 aromatic rings.